The van der Waals surface area contributed by atoms with Crippen molar-refractivity contribution >= 4 is 37.0 Å². The predicted octanol–water partition coefficient (Wildman–Crippen LogP) is 5.87. The number of imidazole rings is 1. The topological polar surface area (TPSA) is 198 Å². The second-order valence-corrected chi connectivity index (χ2v) is 12.8. The summed E-state index contributed by atoms with van der Waals surface area (Å²) in [6, 6.07) is 0. The number of hydrogen-bond acceptors (Lipinski definition) is 15. The number of rotatable bonds is 24. The van der Waals surface area contributed by atoms with Crippen molar-refractivity contribution in [1.82, 2.24) is 25.0 Å². The molecule has 2 rings (SSSR count). The molecule has 0 atom stereocenters. The van der Waals surface area contributed by atoms with Gasteiger partial charge in [-0.3, -0.25) is 23.2 Å². The Morgan fingerprint density at radius 1 is 0.830 bits per heavy atom. The smallest absolute Gasteiger partial charge is 0.432 e. The van der Waals surface area contributed by atoms with E-state index in [1.54, 1.807) is 32.3 Å². The molecule has 1 N–H and O–H groups in total. The quantitative estimate of drug-likeness (QED) is 0.0451. The first kappa shape index (κ1) is 39.8. The standard InChI is InChI=1S/C29H48N5O12P/c1-6-7-8-9-10-11-12-13-15-42-33-27(35)25-24-26(31-17-30-25)34(18-32-24)14-16-39-21-47(38,43-19-40-28(36)45-22(2)3)44-20-41-29(37)46-23(4)5/h17-18,22-23H,6-16,19-21H2,1-5H3,(H,33,35). The minimum absolute atomic E-state index is 0.0259. The Bertz CT molecular complexity index is 1240. The van der Waals surface area contributed by atoms with E-state index in [0.717, 1.165) is 19.3 Å². The zero-order chi connectivity index (χ0) is 34.5. The van der Waals surface area contributed by atoms with E-state index < -0.39 is 58.0 Å². The molecular weight excluding hydrogens is 641 g/mol. The van der Waals surface area contributed by atoms with E-state index in [4.69, 9.17) is 37.6 Å². The monoisotopic (exact) mass is 689 g/mol. The van der Waals surface area contributed by atoms with Gasteiger partial charge in [0.15, 0.2) is 11.3 Å². The highest BCUT2D eigenvalue weighted by Crippen LogP contribution is 2.48. The van der Waals surface area contributed by atoms with Gasteiger partial charge in [-0.2, -0.15) is 0 Å². The number of amides is 1. The van der Waals surface area contributed by atoms with Crippen molar-refractivity contribution < 1.29 is 56.5 Å². The third kappa shape index (κ3) is 16.3. The van der Waals surface area contributed by atoms with Crippen LogP contribution in [0.25, 0.3) is 11.2 Å². The number of carbonyl (C=O) groups excluding carboxylic acids is 3. The summed E-state index contributed by atoms with van der Waals surface area (Å²) in [6.07, 6.45) is 8.36. The van der Waals surface area contributed by atoms with Crippen LogP contribution in [0.15, 0.2) is 12.7 Å². The number of aromatic nitrogens is 4. The fraction of sp³-hybridized carbons (Fsp3) is 0.724. The highest BCUT2D eigenvalue weighted by molar-refractivity contribution is 7.53. The van der Waals surface area contributed by atoms with Crippen molar-refractivity contribution in [3.8, 4) is 0 Å². The summed E-state index contributed by atoms with van der Waals surface area (Å²) in [6.45, 7) is 7.67. The van der Waals surface area contributed by atoms with E-state index in [-0.39, 0.29) is 24.4 Å². The van der Waals surface area contributed by atoms with Gasteiger partial charge in [-0.25, -0.2) is 30.0 Å². The molecule has 2 aromatic heterocycles. The molecular formula is C29H48N5O12P. The lowest BCUT2D eigenvalue weighted by Crippen LogP contribution is -2.25. The van der Waals surface area contributed by atoms with E-state index in [1.807, 2.05) is 0 Å². The van der Waals surface area contributed by atoms with Crippen molar-refractivity contribution in [1.29, 1.82) is 0 Å². The van der Waals surface area contributed by atoms with Crippen molar-refractivity contribution in [2.75, 3.05) is 33.1 Å². The van der Waals surface area contributed by atoms with Crippen LogP contribution in [0.5, 0.6) is 0 Å². The number of carbonyl (C=O) groups is 3. The van der Waals surface area contributed by atoms with Gasteiger partial charge in [-0.1, -0.05) is 51.9 Å². The number of nitrogens with one attached hydrogen (secondary N) is 1. The molecule has 0 saturated heterocycles. The molecule has 1 amide bonds. The maximum Gasteiger partial charge on any atom is 0.510 e. The molecule has 0 aliphatic carbocycles. The fourth-order valence-electron chi connectivity index (χ4n) is 3.90. The van der Waals surface area contributed by atoms with Gasteiger partial charge in [0.05, 0.1) is 31.7 Å². The summed E-state index contributed by atoms with van der Waals surface area (Å²) in [5.74, 6) is -0.548. The molecule has 0 aliphatic rings. The lowest BCUT2D eigenvalue weighted by atomic mass is 10.1. The fourth-order valence-corrected chi connectivity index (χ4v) is 4.90. The van der Waals surface area contributed by atoms with Gasteiger partial charge in [0.25, 0.3) is 5.91 Å². The molecule has 2 heterocycles. The molecule has 18 heteroatoms. The highest BCUT2D eigenvalue weighted by Gasteiger charge is 2.28. The van der Waals surface area contributed by atoms with Gasteiger partial charge in [-0.05, 0) is 34.1 Å². The van der Waals surface area contributed by atoms with Crippen molar-refractivity contribution in [2.24, 2.45) is 0 Å². The molecule has 2 aromatic rings. The average molecular weight is 690 g/mol. The molecule has 266 valence electrons. The van der Waals surface area contributed by atoms with Crippen LogP contribution < -0.4 is 5.48 Å². The summed E-state index contributed by atoms with van der Waals surface area (Å²) in [5.41, 5.74) is 3.08. The Morgan fingerprint density at radius 2 is 1.43 bits per heavy atom. The molecule has 0 radical (unpaired) electrons. The Kier molecular flexibility index (Phi) is 18.8. The highest BCUT2D eigenvalue weighted by atomic mass is 31.2. The average Bonchev–Trinajstić information content (AvgIpc) is 3.42. The van der Waals surface area contributed by atoms with Gasteiger partial charge < -0.3 is 28.3 Å². The number of nitrogens with zero attached hydrogens (tertiary/aromatic N) is 4. The minimum Gasteiger partial charge on any atom is -0.432 e. The summed E-state index contributed by atoms with van der Waals surface area (Å²) >= 11 is 0. The molecule has 0 aliphatic heterocycles. The van der Waals surface area contributed by atoms with E-state index >= 15 is 0 Å². The first-order valence-corrected chi connectivity index (χ1v) is 17.5. The van der Waals surface area contributed by atoms with Gasteiger partial charge in [0.2, 0.25) is 13.6 Å². The van der Waals surface area contributed by atoms with Crippen LogP contribution >= 0.6 is 7.60 Å². The normalized spacial score (nSPS) is 11.6. The van der Waals surface area contributed by atoms with Gasteiger partial charge >= 0.3 is 19.9 Å². The van der Waals surface area contributed by atoms with Crippen LogP contribution in [0.3, 0.4) is 0 Å². The summed E-state index contributed by atoms with van der Waals surface area (Å²) in [5, 5.41) is 0. The van der Waals surface area contributed by atoms with Crippen LogP contribution in [-0.4, -0.2) is 83.1 Å². The maximum absolute atomic E-state index is 13.2. The molecule has 0 fully saturated rings. The van der Waals surface area contributed by atoms with Crippen LogP contribution in [0.2, 0.25) is 0 Å². The number of fused-ring (bicyclic) bond motifs is 1. The molecule has 17 nitrogen and oxygen atoms in total. The van der Waals surface area contributed by atoms with Gasteiger partial charge in [0.1, 0.15) is 18.2 Å². The van der Waals surface area contributed by atoms with Crippen molar-refractivity contribution in [3.63, 3.8) is 0 Å². The number of hydroxylamine groups is 1. The molecule has 0 aromatic carbocycles. The van der Waals surface area contributed by atoms with E-state index in [2.05, 4.69) is 27.4 Å². The largest absolute Gasteiger partial charge is 0.510 e. The Morgan fingerprint density at radius 3 is 2.02 bits per heavy atom. The van der Waals surface area contributed by atoms with Crippen LogP contribution in [0, 0.1) is 0 Å². The number of hydrogen-bond donors (Lipinski definition) is 1. The zero-order valence-electron chi connectivity index (χ0n) is 27.8. The van der Waals surface area contributed by atoms with Crippen LogP contribution in [0.1, 0.15) is 96.5 Å². The number of unbranched alkanes of at least 4 members (excludes halogenated alkanes) is 7. The van der Waals surface area contributed by atoms with Crippen LogP contribution in [-0.2, 0) is 48.7 Å². The van der Waals surface area contributed by atoms with Crippen LogP contribution in [0.4, 0.5) is 9.59 Å². The molecule has 0 unspecified atom stereocenters. The van der Waals surface area contributed by atoms with Gasteiger partial charge in [-0.15, -0.1) is 0 Å². The first-order valence-electron chi connectivity index (χ1n) is 15.7. The molecule has 0 spiro atoms. The summed E-state index contributed by atoms with van der Waals surface area (Å²) in [7, 11) is -4.11. The third-order valence-electron chi connectivity index (χ3n) is 6.12. The minimum atomic E-state index is -4.11. The lowest BCUT2D eigenvalue weighted by Gasteiger charge is -2.19. The second kappa shape index (κ2) is 22.2. The van der Waals surface area contributed by atoms with Crippen molar-refractivity contribution in [3.05, 3.63) is 18.3 Å². The summed E-state index contributed by atoms with van der Waals surface area (Å²) < 4.78 is 49.7. The van der Waals surface area contributed by atoms with E-state index in [1.165, 1.54) is 44.8 Å². The SMILES string of the molecule is CCCCCCCCCCONC(=O)c1ncnc2c1ncn2CCOCP(=O)(OCOC(=O)OC(C)C)OCOC(=O)OC(C)C. The Labute approximate surface area is 274 Å². The Hall–Kier alpha value is -3.37. The third-order valence-corrected chi connectivity index (χ3v) is 7.62. The zero-order valence-corrected chi connectivity index (χ0v) is 28.7. The van der Waals surface area contributed by atoms with E-state index in [9.17, 15) is 18.9 Å². The molecule has 47 heavy (non-hydrogen) atoms. The molecule has 0 saturated carbocycles. The van der Waals surface area contributed by atoms with Crippen molar-refractivity contribution in [2.45, 2.75) is 105 Å². The second-order valence-electron chi connectivity index (χ2n) is 10.9. The number of ether oxygens (including phenoxy) is 5. The van der Waals surface area contributed by atoms with E-state index in [0.29, 0.717) is 12.3 Å². The predicted molar refractivity (Wildman–Crippen MR) is 167 cm³/mol. The lowest BCUT2D eigenvalue weighted by molar-refractivity contribution is -0.0344. The first-order chi connectivity index (χ1) is 22.5. The van der Waals surface area contributed by atoms with Gasteiger partial charge in [0, 0.05) is 6.54 Å². The maximum atomic E-state index is 13.2. The Balaban J connectivity index is 1.85. The summed E-state index contributed by atoms with van der Waals surface area (Å²) in [4.78, 5) is 53.8. The molecule has 0 bridgehead atoms.